The number of nitrogens with one attached hydrogen (secondary N) is 1. The summed E-state index contributed by atoms with van der Waals surface area (Å²) in [4.78, 5) is 4.17. The summed E-state index contributed by atoms with van der Waals surface area (Å²) in [7, 11) is -3.94. The van der Waals surface area contributed by atoms with Crippen LogP contribution in [0.4, 0.5) is 5.69 Å². The van der Waals surface area contributed by atoms with Gasteiger partial charge in [0, 0.05) is 0 Å². The smallest absolute Gasteiger partial charge is 0.317 e. The Bertz CT molecular complexity index is 804. The third kappa shape index (κ3) is 4.49. The number of pyridine rings is 1. The van der Waals surface area contributed by atoms with Crippen LogP contribution in [0.15, 0.2) is 47.5 Å². The van der Waals surface area contributed by atoms with Gasteiger partial charge in [0.15, 0.2) is 0 Å². The molecule has 1 aliphatic rings. The molecule has 1 aliphatic heterocycles. The Balaban J connectivity index is 1.90. The fourth-order valence-corrected chi connectivity index (χ4v) is 3.79. The van der Waals surface area contributed by atoms with Crippen molar-refractivity contribution in [2.24, 2.45) is 0 Å². The van der Waals surface area contributed by atoms with Gasteiger partial charge in [-0.2, -0.15) is 8.42 Å². The van der Waals surface area contributed by atoms with E-state index < -0.39 is 10.1 Å². The van der Waals surface area contributed by atoms with Gasteiger partial charge >= 0.3 is 10.1 Å². The van der Waals surface area contributed by atoms with Crippen molar-refractivity contribution in [3.63, 3.8) is 0 Å². The number of nitrogens with zero attached hydrogens (tertiary/aromatic N) is 2. The van der Waals surface area contributed by atoms with Crippen LogP contribution in [0, 0.1) is 6.92 Å². The van der Waals surface area contributed by atoms with E-state index in [9.17, 15) is 8.42 Å². The summed E-state index contributed by atoms with van der Waals surface area (Å²) in [5.41, 5.74) is 1.54. The van der Waals surface area contributed by atoms with E-state index in [1.807, 2.05) is 6.92 Å². The van der Waals surface area contributed by atoms with Gasteiger partial charge in [-0.1, -0.05) is 29.3 Å². The van der Waals surface area contributed by atoms with E-state index in [0.717, 1.165) is 31.5 Å². The molecule has 0 saturated carbocycles. The second-order valence-electron chi connectivity index (χ2n) is 5.99. The summed E-state index contributed by atoms with van der Waals surface area (Å²) < 4.78 is 30.9. The molecule has 1 fully saturated rings. The number of aryl methyl sites for hydroxylation is 1. The Morgan fingerprint density at radius 2 is 1.84 bits per heavy atom. The summed E-state index contributed by atoms with van der Waals surface area (Å²) in [6.07, 6.45) is 3.06. The largest absolute Gasteiger partial charge is 0.317 e. The minimum Gasteiger partial charge on any atom is -0.317 e. The fraction of sp³-hybridized carbons (Fsp3) is 0.353. The highest BCUT2D eigenvalue weighted by Crippen LogP contribution is 2.26. The van der Waals surface area contributed by atoms with E-state index in [1.54, 1.807) is 36.4 Å². The van der Waals surface area contributed by atoms with Crippen LogP contribution < -0.4 is 10.4 Å². The topological polar surface area (TPSA) is 71.5 Å². The van der Waals surface area contributed by atoms with Crippen LogP contribution >= 0.6 is 11.6 Å². The maximum atomic E-state index is 12.7. The zero-order valence-corrected chi connectivity index (χ0v) is 15.4. The molecule has 25 heavy (non-hydrogen) atoms. The van der Waals surface area contributed by atoms with Crippen LogP contribution in [-0.2, 0) is 14.4 Å². The number of rotatable bonds is 5. The minimum absolute atomic E-state index is 0.0653. The molecule has 2 aromatic rings. The van der Waals surface area contributed by atoms with Gasteiger partial charge in [0.25, 0.3) is 0 Å². The van der Waals surface area contributed by atoms with Crippen LogP contribution in [0.1, 0.15) is 18.4 Å². The molecule has 0 unspecified atom stereocenters. The van der Waals surface area contributed by atoms with Crippen LogP contribution in [0.5, 0.6) is 0 Å². The van der Waals surface area contributed by atoms with Gasteiger partial charge in [-0.25, -0.2) is 10.0 Å². The standard InChI is InChI=1S/C17H20ClN3O3S/c1-13-2-5-16(6-3-13)25(22,23)24-21(14-8-10-19-11-9-14)15-4-7-17(18)20-12-15/h2-7,12,14,19H,8-11H2,1H3. The summed E-state index contributed by atoms with van der Waals surface area (Å²) in [5, 5.41) is 5.05. The monoisotopic (exact) mass is 381 g/mol. The third-order valence-electron chi connectivity index (χ3n) is 4.09. The lowest BCUT2D eigenvalue weighted by Crippen LogP contribution is -2.44. The van der Waals surface area contributed by atoms with Crippen molar-refractivity contribution in [1.29, 1.82) is 0 Å². The average Bonchev–Trinajstić information content (AvgIpc) is 2.62. The van der Waals surface area contributed by atoms with Crippen molar-refractivity contribution in [3.8, 4) is 0 Å². The van der Waals surface area contributed by atoms with E-state index in [2.05, 4.69) is 10.3 Å². The lowest BCUT2D eigenvalue weighted by atomic mass is 10.1. The zero-order valence-electron chi connectivity index (χ0n) is 13.9. The number of benzene rings is 1. The van der Waals surface area contributed by atoms with Gasteiger partial charge in [0.1, 0.15) is 5.15 Å². The Morgan fingerprint density at radius 1 is 1.16 bits per heavy atom. The van der Waals surface area contributed by atoms with Gasteiger partial charge in [-0.15, -0.1) is 4.28 Å². The SMILES string of the molecule is Cc1ccc(S(=O)(=O)ON(c2ccc(Cl)nc2)C2CCNCC2)cc1. The molecule has 0 spiro atoms. The van der Waals surface area contributed by atoms with E-state index in [-0.39, 0.29) is 10.9 Å². The summed E-state index contributed by atoms with van der Waals surface area (Å²) in [6, 6.07) is 9.85. The lowest BCUT2D eigenvalue weighted by molar-refractivity contribution is 0.221. The van der Waals surface area contributed by atoms with Gasteiger partial charge in [0.05, 0.1) is 22.8 Å². The van der Waals surface area contributed by atoms with Crippen LogP contribution in [0.2, 0.25) is 5.15 Å². The highest BCUT2D eigenvalue weighted by Gasteiger charge is 2.28. The Morgan fingerprint density at radius 3 is 2.44 bits per heavy atom. The minimum atomic E-state index is -3.94. The number of halogens is 1. The molecule has 0 bridgehead atoms. The number of hydrogen-bond donors (Lipinski definition) is 1. The highest BCUT2D eigenvalue weighted by molar-refractivity contribution is 7.86. The molecule has 6 nitrogen and oxygen atoms in total. The van der Waals surface area contributed by atoms with Crippen LogP contribution in [0.3, 0.4) is 0 Å². The van der Waals surface area contributed by atoms with Crippen LogP contribution in [-0.4, -0.2) is 32.5 Å². The molecule has 8 heteroatoms. The predicted molar refractivity (Wildman–Crippen MR) is 97.1 cm³/mol. The van der Waals surface area contributed by atoms with E-state index in [4.69, 9.17) is 15.9 Å². The van der Waals surface area contributed by atoms with E-state index in [1.165, 1.54) is 11.3 Å². The van der Waals surface area contributed by atoms with Crippen molar-refractivity contribution < 1.29 is 12.7 Å². The van der Waals surface area contributed by atoms with Crippen molar-refractivity contribution in [2.45, 2.75) is 30.7 Å². The van der Waals surface area contributed by atoms with Gasteiger partial charge in [0.2, 0.25) is 0 Å². The summed E-state index contributed by atoms with van der Waals surface area (Å²) in [6.45, 7) is 3.50. The van der Waals surface area contributed by atoms with Crippen molar-refractivity contribution >= 4 is 27.4 Å². The van der Waals surface area contributed by atoms with Crippen LogP contribution in [0.25, 0.3) is 0 Å². The first-order valence-corrected chi connectivity index (χ1v) is 9.87. The molecule has 1 N–H and O–H groups in total. The Kier molecular flexibility index (Phi) is 5.58. The molecular weight excluding hydrogens is 362 g/mol. The molecule has 1 saturated heterocycles. The maximum Gasteiger partial charge on any atom is 0.317 e. The van der Waals surface area contributed by atoms with E-state index in [0.29, 0.717) is 10.8 Å². The van der Waals surface area contributed by atoms with Crippen molar-refractivity contribution in [3.05, 3.63) is 53.3 Å². The average molecular weight is 382 g/mol. The molecule has 3 rings (SSSR count). The molecule has 1 aromatic carbocycles. The van der Waals surface area contributed by atoms with Gasteiger partial charge in [-0.05, 0) is 57.1 Å². The summed E-state index contributed by atoms with van der Waals surface area (Å²) >= 11 is 5.85. The number of aromatic nitrogens is 1. The van der Waals surface area contributed by atoms with Gasteiger partial charge in [-0.3, -0.25) is 0 Å². The molecule has 2 heterocycles. The second kappa shape index (κ2) is 7.70. The number of piperidine rings is 1. The lowest BCUT2D eigenvalue weighted by Gasteiger charge is -2.34. The molecule has 1 aromatic heterocycles. The first-order chi connectivity index (χ1) is 12.0. The molecule has 0 radical (unpaired) electrons. The maximum absolute atomic E-state index is 12.7. The highest BCUT2D eigenvalue weighted by atomic mass is 35.5. The summed E-state index contributed by atoms with van der Waals surface area (Å²) in [5.74, 6) is 0. The normalized spacial score (nSPS) is 15.9. The number of anilines is 1. The molecule has 0 atom stereocenters. The number of hydroxylamine groups is 1. The Labute approximate surface area is 152 Å². The van der Waals surface area contributed by atoms with Gasteiger partial charge < -0.3 is 5.32 Å². The first-order valence-electron chi connectivity index (χ1n) is 8.08. The molecule has 0 amide bonds. The molecular formula is C17H20ClN3O3S. The number of hydrogen-bond acceptors (Lipinski definition) is 6. The molecule has 0 aliphatic carbocycles. The fourth-order valence-electron chi connectivity index (χ4n) is 2.71. The van der Waals surface area contributed by atoms with Crippen molar-refractivity contribution in [2.75, 3.05) is 18.2 Å². The Hall–Kier alpha value is -1.67. The zero-order chi connectivity index (χ0) is 17.9. The second-order valence-corrected chi connectivity index (χ2v) is 7.90. The first kappa shape index (κ1) is 18.1. The third-order valence-corrected chi connectivity index (χ3v) is 5.52. The quantitative estimate of drug-likeness (QED) is 0.634. The van der Waals surface area contributed by atoms with Crippen molar-refractivity contribution in [1.82, 2.24) is 10.3 Å². The predicted octanol–water partition coefficient (Wildman–Crippen LogP) is 2.92. The molecule has 134 valence electrons. The van der Waals surface area contributed by atoms with E-state index >= 15 is 0 Å².